The molecule has 4 fully saturated rings. The van der Waals surface area contributed by atoms with Gasteiger partial charge in [-0.1, -0.05) is 0 Å². The molecule has 6 nitrogen and oxygen atoms in total. The van der Waals surface area contributed by atoms with Gasteiger partial charge in [0.1, 0.15) is 0 Å². The number of halogens is 1. The van der Waals surface area contributed by atoms with Gasteiger partial charge in [0.05, 0.1) is 12.0 Å². The molecule has 4 aliphatic carbocycles. The first-order valence-electron chi connectivity index (χ1n) is 10.9. The van der Waals surface area contributed by atoms with Gasteiger partial charge in [-0.05, 0) is 81.5 Å². The zero-order chi connectivity index (χ0) is 21.5. The second-order valence-corrected chi connectivity index (χ2v) is 10.3. The number of nitrogens with one attached hydrogen (secondary N) is 2. The van der Waals surface area contributed by atoms with Gasteiger partial charge in [0.2, 0.25) is 17.7 Å². The summed E-state index contributed by atoms with van der Waals surface area (Å²) in [4.78, 5) is 38.8. The van der Waals surface area contributed by atoms with E-state index in [1.807, 2.05) is 6.92 Å². The minimum Gasteiger partial charge on any atom is -0.333 e. The molecule has 7 heteroatoms. The zero-order valence-corrected chi connectivity index (χ0v) is 18.4. The number of alkyl halides is 1. The van der Waals surface area contributed by atoms with Crippen LogP contribution in [0.25, 0.3) is 0 Å². The van der Waals surface area contributed by atoms with Crippen LogP contribution >= 0.6 is 11.6 Å². The van der Waals surface area contributed by atoms with E-state index in [2.05, 4.69) is 10.6 Å². The van der Waals surface area contributed by atoms with Crippen molar-refractivity contribution in [2.45, 2.75) is 57.2 Å². The minimum atomic E-state index is -0.387. The Hall–Kier alpha value is -2.08. The van der Waals surface area contributed by atoms with E-state index in [0.717, 1.165) is 32.1 Å². The molecule has 0 aromatic heterocycles. The topological polar surface area (TPSA) is 78.5 Å². The second-order valence-electron chi connectivity index (χ2n) is 9.52. The summed E-state index contributed by atoms with van der Waals surface area (Å²) in [6.45, 7) is 3.90. The Balaban J connectivity index is 1.40. The fraction of sp³-hybridized carbons (Fsp3) is 0.609. The smallest absolute Gasteiger partial charge is 0.243 e. The van der Waals surface area contributed by atoms with Gasteiger partial charge in [-0.25, -0.2) is 0 Å². The van der Waals surface area contributed by atoms with Crippen molar-refractivity contribution in [2.75, 3.05) is 23.7 Å². The quantitative estimate of drug-likeness (QED) is 0.668. The standard InChI is InChI=1S/C23H30ClN3O3/c1-3-27(13-20(29)26-19-6-4-18(5-7-19)25-15(2)28)21(30)22-9-16-8-17(10-22)12-23(24,11-16)14-22/h4-7,16-17H,3,8-14H2,1-2H3,(H,25,28)(H,26,29)/t16-,17-,22?,23?/m1/s1. The Morgan fingerprint density at radius 2 is 1.60 bits per heavy atom. The fourth-order valence-electron chi connectivity index (χ4n) is 6.28. The molecule has 0 unspecified atom stereocenters. The van der Waals surface area contributed by atoms with Gasteiger partial charge >= 0.3 is 0 Å². The highest BCUT2D eigenvalue weighted by Gasteiger charge is 2.60. The van der Waals surface area contributed by atoms with Crippen molar-refractivity contribution in [1.82, 2.24) is 4.90 Å². The van der Waals surface area contributed by atoms with Crippen LogP contribution < -0.4 is 10.6 Å². The van der Waals surface area contributed by atoms with E-state index in [1.165, 1.54) is 13.3 Å². The van der Waals surface area contributed by atoms with Crippen molar-refractivity contribution in [2.24, 2.45) is 17.3 Å². The summed E-state index contributed by atoms with van der Waals surface area (Å²) >= 11 is 6.89. The first-order chi connectivity index (χ1) is 14.2. The molecular formula is C23H30ClN3O3. The van der Waals surface area contributed by atoms with Crippen LogP contribution in [0.4, 0.5) is 11.4 Å². The van der Waals surface area contributed by atoms with E-state index >= 15 is 0 Å². The summed E-state index contributed by atoms with van der Waals surface area (Å²) in [7, 11) is 0. The molecule has 1 aromatic carbocycles. The van der Waals surface area contributed by atoms with Gasteiger partial charge in [0, 0.05) is 29.7 Å². The van der Waals surface area contributed by atoms with Crippen molar-refractivity contribution in [1.29, 1.82) is 0 Å². The Morgan fingerprint density at radius 1 is 1.03 bits per heavy atom. The molecule has 4 aliphatic rings. The van der Waals surface area contributed by atoms with Gasteiger partial charge < -0.3 is 15.5 Å². The Bertz CT molecular complexity index is 840. The van der Waals surface area contributed by atoms with Gasteiger partial charge in [-0.3, -0.25) is 14.4 Å². The van der Waals surface area contributed by atoms with E-state index in [4.69, 9.17) is 11.6 Å². The minimum absolute atomic E-state index is 0.0369. The lowest BCUT2D eigenvalue weighted by Crippen LogP contribution is -2.59. The molecule has 0 saturated heterocycles. The van der Waals surface area contributed by atoms with Crippen LogP contribution in [-0.2, 0) is 14.4 Å². The molecule has 3 amide bonds. The van der Waals surface area contributed by atoms with Crippen LogP contribution in [0.2, 0.25) is 0 Å². The SMILES string of the molecule is CCN(CC(=O)Nc1ccc(NC(C)=O)cc1)C(=O)C12C[C@H]3C[C@@H](CC(Cl)(C3)C1)C2. The van der Waals surface area contributed by atoms with Crippen LogP contribution in [0.1, 0.15) is 52.4 Å². The van der Waals surface area contributed by atoms with Crippen molar-refractivity contribution in [3.8, 4) is 0 Å². The zero-order valence-electron chi connectivity index (χ0n) is 17.7. The number of benzene rings is 1. The van der Waals surface area contributed by atoms with Gasteiger partial charge in [-0.15, -0.1) is 11.6 Å². The third kappa shape index (κ3) is 4.20. The molecule has 162 valence electrons. The molecule has 2 N–H and O–H groups in total. The summed E-state index contributed by atoms with van der Waals surface area (Å²) in [5.74, 6) is 0.820. The molecule has 5 rings (SSSR count). The highest BCUT2D eigenvalue weighted by atomic mass is 35.5. The largest absolute Gasteiger partial charge is 0.333 e. The predicted molar refractivity (Wildman–Crippen MR) is 117 cm³/mol. The Morgan fingerprint density at radius 3 is 2.10 bits per heavy atom. The maximum Gasteiger partial charge on any atom is 0.243 e. The molecule has 4 bridgehead atoms. The molecular weight excluding hydrogens is 402 g/mol. The predicted octanol–water partition coefficient (Wildman–Crippen LogP) is 4.01. The number of amides is 3. The maximum absolute atomic E-state index is 13.6. The average Bonchev–Trinajstić information content (AvgIpc) is 2.65. The third-order valence-electron chi connectivity index (χ3n) is 6.94. The lowest BCUT2D eigenvalue weighted by atomic mass is 9.49. The number of hydrogen-bond donors (Lipinski definition) is 2. The Kier molecular flexibility index (Phi) is 5.56. The first kappa shape index (κ1) is 21.2. The van der Waals surface area contributed by atoms with Crippen molar-refractivity contribution >= 4 is 40.7 Å². The summed E-state index contributed by atoms with van der Waals surface area (Å²) < 4.78 is 0. The van der Waals surface area contributed by atoms with E-state index in [9.17, 15) is 14.4 Å². The number of anilines is 2. The average molecular weight is 432 g/mol. The molecule has 0 aliphatic heterocycles. The lowest BCUT2D eigenvalue weighted by Gasteiger charge is -2.59. The van der Waals surface area contributed by atoms with Crippen molar-refractivity contribution < 1.29 is 14.4 Å². The molecule has 0 spiro atoms. The van der Waals surface area contributed by atoms with E-state index < -0.39 is 0 Å². The molecule has 0 heterocycles. The van der Waals surface area contributed by atoms with Gasteiger partial charge in [0.25, 0.3) is 0 Å². The first-order valence-corrected chi connectivity index (χ1v) is 11.2. The second kappa shape index (κ2) is 7.88. The summed E-state index contributed by atoms with van der Waals surface area (Å²) in [5, 5.41) is 5.54. The van der Waals surface area contributed by atoms with Gasteiger partial charge in [-0.2, -0.15) is 0 Å². The molecule has 4 saturated carbocycles. The number of rotatable bonds is 6. The Labute approximate surface area is 182 Å². The van der Waals surface area contributed by atoms with Crippen molar-refractivity contribution in [3.63, 3.8) is 0 Å². The molecule has 0 radical (unpaired) electrons. The molecule has 30 heavy (non-hydrogen) atoms. The van der Waals surface area contributed by atoms with E-state index in [-0.39, 0.29) is 34.6 Å². The number of likely N-dealkylation sites (N-methyl/N-ethyl adjacent to an activating group) is 1. The number of carbonyl (C=O) groups excluding carboxylic acids is 3. The summed E-state index contributed by atoms with van der Waals surface area (Å²) in [6, 6.07) is 6.93. The van der Waals surface area contributed by atoms with E-state index in [1.54, 1.807) is 29.2 Å². The normalized spacial score (nSPS) is 31.3. The lowest BCUT2D eigenvalue weighted by molar-refractivity contribution is -0.157. The van der Waals surface area contributed by atoms with Crippen LogP contribution in [-0.4, -0.2) is 40.6 Å². The van der Waals surface area contributed by atoms with Crippen LogP contribution in [0.5, 0.6) is 0 Å². The van der Waals surface area contributed by atoms with Gasteiger partial charge in [0.15, 0.2) is 0 Å². The summed E-state index contributed by atoms with van der Waals surface area (Å²) in [6.07, 6.45) is 5.84. The molecule has 1 aromatic rings. The highest BCUT2D eigenvalue weighted by molar-refractivity contribution is 6.24. The molecule has 2 atom stereocenters. The highest BCUT2D eigenvalue weighted by Crippen LogP contribution is 2.64. The third-order valence-corrected chi connectivity index (χ3v) is 7.38. The number of carbonyl (C=O) groups is 3. The number of hydrogen-bond acceptors (Lipinski definition) is 3. The fourth-order valence-corrected chi connectivity index (χ4v) is 6.97. The summed E-state index contributed by atoms with van der Waals surface area (Å²) in [5.41, 5.74) is 0.914. The monoisotopic (exact) mass is 431 g/mol. The van der Waals surface area contributed by atoms with Crippen LogP contribution in [0, 0.1) is 17.3 Å². The van der Waals surface area contributed by atoms with Crippen LogP contribution in [0.3, 0.4) is 0 Å². The van der Waals surface area contributed by atoms with Crippen LogP contribution in [0.15, 0.2) is 24.3 Å². The number of nitrogens with zero attached hydrogens (tertiary/aromatic N) is 1. The van der Waals surface area contributed by atoms with Crippen molar-refractivity contribution in [3.05, 3.63) is 24.3 Å². The van der Waals surface area contributed by atoms with E-state index in [0.29, 0.717) is 29.8 Å². The maximum atomic E-state index is 13.6.